The highest BCUT2D eigenvalue weighted by Crippen LogP contribution is 2.03. The summed E-state index contributed by atoms with van der Waals surface area (Å²) in [6.07, 6.45) is 2.08. The topological polar surface area (TPSA) is 92.2 Å². The third-order valence-corrected chi connectivity index (χ3v) is 3.13. The van der Waals surface area contributed by atoms with Gasteiger partial charge in [-0.3, -0.25) is 10.1 Å². The number of amides is 3. The molecule has 24 heavy (non-hydrogen) atoms. The van der Waals surface area contributed by atoms with Crippen molar-refractivity contribution in [2.45, 2.75) is 13.0 Å². The maximum Gasteiger partial charge on any atom is 0.322 e. The van der Waals surface area contributed by atoms with Gasteiger partial charge < -0.3 is 10.2 Å². The van der Waals surface area contributed by atoms with Crippen molar-refractivity contribution in [3.05, 3.63) is 41.8 Å². The van der Waals surface area contributed by atoms with Crippen molar-refractivity contribution in [1.82, 2.24) is 25.2 Å². The molecular weight excluding hydrogens is 315 g/mol. The van der Waals surface area contributed by atoms with Gasteiger partial charge in [0, 0.05) is 20.6 Å². The first-order chi connectivity index (χ1) is 11.4. The number of hydrogen-bond acceptors (Lipinski definition) is 4. The number of rotatable bonds is 6. The molecule has 2 rings (SSSR count). The molecule has 0 aliphatic rings. The van der Waals surface area contributed by atoms with Gasteiger partial charge >= 0.3 is 6.03 Å². The number of urea groups is 1. The first-order valence-corrected chi connectivity index (χ1v) is 7.33. The van der Waals surface area contributed by atoms with E-state index >= 15 is 0 Å². The third-order valence-electron chi connectivity index (χ3n) is 3.13. The fourth-order valence-corrected chi connectivity index (χ4v) is 1.85. The average molecular weight is 334 g/mol. The van der Waals surface area contributed by atoms with Crippen LogP contribution in [0.5, 0.6) is 0 Å². The molecule has 3 amide bonds. The van der Waals surface area contributed by atoms with Gasteiger partial charge in [-0.15, -0.1) is 5.10 Å². The molecule has 128 valence electrons. The van der Waals surface area contributed by atoms with E-state index in [9.17, 15) is 14.0 Å². The Morgan fingerprint density at radius 3 is 2.62 bits per heavy atom. The van der Waals surface area contributed by atoms with E-state index in [2.05, 4.69) is 20.9 Å². The normalized spacial score (nSPS) is 10.3. The van der Waals surface area contributed by atoms with Crippen LogP contribution >= 0.6 is 0 Å². The first-order valence-electron chi connectivity index (χ1n) is 7.33. The number of carbonyl (C=O) groups excluding carboxylic acids is 2. The minimum absolute atomic E-state index is 0.00570. The molecule has 1 aromatic carbocycles. The lowest BCUT2D eigenvalue weighted by Crippen LogP contribution is -2.29. The monoisotopic (exact) mass is 334 g/mol. The van der Waals surface area contributed by atoms with Crippen LogP contribution in [0.15, 0.2) is 30.5 Å². The first kappa shape index (κ1) is 17.4. The summed E-state index contributed by atoms with van der Waals surface area (Å²) in [6, 6.07) is 5.80. The second-order valence-corrected chi connectivity index (χ2v) is 5.35. The Labute approximate surface area is 138 Å². The van der Waals surface area contributed by atoms with Crippen LogP contribution in [0.1, 0.15) is 5.56 Å². The van der Waals surface area contributed by atoms with Crippen molar-refractivity contribution >= 4 is 17.8 Å². The predicted octanol–water partition coefficient (Wildman–Crippen LogP) is 0.870. The van der Waals surface area contributed by atoms with Gasteiger partial charge in [0.05, 0.1) is 6.20 Å². The summed E-state index contributed by atoms with van der Waals surface area (Å²) in [5.74, 6) is -0.244. The molecule has 0 aliphatic heterocycles. The molecule has 2 N–H and O–H groups in total. The fourth-order valence-electron chi connectivity index (χ4n) is 1.85. The van der Waals surface area contributed by atoms with E-state index in [0.717, 1.165) is 5.56 Å². The Bertz CT molecular complexity index is 698. The van der Waals surface area contributed by atoms with Gasteiger partial charge in [0.2, 0.25) is 5.91 Å². The van der Waals surface area contributed by atoms with E-state index in [1.807, 2.05) is 0 Å². The molecule has 0 saturated heterocycles. The van der Waals surface area contributed by atoms with Crippen LogP contribution in [0, 0.1) is 5.82 Å². The molecule has 2 aromatic rings. The number of aromatic nitrogens is 3. The third kappa shape index (κ3) is 5.34. The van der Waals surface area contributed by atoms with E-state index in [0.29, 0.717) is 13.0 Å². The number of nitrogens with one attached hydrogen (secondary N) is 2. The number of carbonyl (C=O) groups is 2. The quantitative estimate of drug-likeness (QED) is 0.820. The number of benzene rings is 1. The van der Waals surface area contributed by atoms with E-state index in [1.165, 1.54) is 27.9 Å². The molecule has 0 spiro atoms. The van der Waals surface area contributed by atoms with Crippen molar-refractivity contribution in [2.24, 2.45) is 0 Å². The SMILES string of the molecule is CN(C)C(=O)Nc1cn(CC(=O)NCCc2ccc(F)cc2)nn1. The molecule has 1 heterocycles. The molecule has 0 unspecified atom stereocenters. The van der Waals surface area contributed by atoms with E-state index in [-0.39, 0.29) is 30.1 Å². The Hall–Kier alpha value is -2.97. The van der Waals surface area contributed by atoms with Crippen molar-refractivity contribution in [1.29, 1.82) is 0 Å². The summed E-state index contributed by atoms with van der Waals surface area (Å²) in [5, 5.41) is 12.8. The van der Waals surface area contributed by atoms with Gasteiger partial charge in [-0.2, -0.15) is 0 Å². The summed E-state index contributed by atoms with van der Waals surface area (Å²) >= 11 is 0. The molecule has 8 nitrogen and oxygen atoms in total. The molecule has 1 aromatic heterocycles. The van der Waals surface area contributed by atoms with E-state index < -0.39 is 0 Å². The van der Waals surface area contributed by atoms with Crippen molar-refractivity contribution in [3.8, 4) is 0 Å². The van der Waals surface area contributed by atoms with Gasteiger partial charge in [-0.25, -0.2) is 13.9 Å². The van der Waals surface area contributed by atoms with Crippen molar-refractivity contribution in [2.75, 3.05) is 26.0 Å². The second kappa shape index (κ2) is 8.04. The highest BCUT2D eigenvalue weighted by molar-refractivity contribution is 5.87. The minimum Gasteiger partial charge on any atom is -0.354 e. The van der Waals surface area contributed by atoms with Crippen LogP contribution in [0.25, 0.3) is 0 Å². The number of hydrogen-bond donors (Lipinski definition) is 2. The van der Waals surface area contributed by atoms with Gasteiger partial charge in [-0.1, -0.05) is 17.3 Å². The maximum atomic E-state index is 12.8. The summed E-state index contributed by atoms with van der Waals surface area (Å²) in [4.78, 5) is 24.7. The largest absolute Gasteiger partial charge is 0.354 e. The fraction of sp³-hybridized carbons (Fsp3) is 0.333. The number of nitrogens with zero attached hydrogens (tertiary/aromatic N) is 4. The molecule has 0 atom stereocenters. The number of anilines is 1. The van der Waals surface area contributed by atoms with Crippen LogP contribution in [-0.4, -0.2) is 52.5 Å². The lowest BCUT2D eigenvalue weighted by Gasteiger charge is -2.09. The summed E-state index contributed by atoms with van der Waals surface area (Å²) in [5.41, 5.74) is 0.936. The Balaban J connectivity index is 1.75. The number of halogens is 1. The van der Waals surface area contributed by atoms with Gasteiger partial charge in [0.25, 0.3) is 0 Å². The summed E-state index contributed by atoms with van der Waals surface area (Å²) in [6.45, 7) is 0.428. The van der Waals surface area contributed by atoms with Crippen LogP contribution in [0.3, 0.4) is 0 Å². The van der Waals surface area contributed by atoms with E-state index in [1.54, 1.807) is 26.2 Å². The smallest absolute Gasteiger partial charge is 0.322 e. The lowest BCUT2D eigenvalue weighted by atomic mass is 10.1. The average Bonchev–Trinajstić information content (AvgIpc) is 2.96. The summed E-state index contributed by atoms with van der Waals surface area (Å²) in [7, 11) is 3.21. The van der Waals surface area contributed by atoms with Crippen molar-refractivity contribution in [3.63, 3.8) is 0 Å². The molecular formula is C15H19FN6O2. The highest BCUT2D eigenvalue weighted by Gasteiger charge is 2.09. The Kier molecular flexibility index (Phi) is 5.83. The highest BCUT2D eigenvalue weighted by atomic mass is 19.1. The zero-order chi connectivity index (χ0) is 17.5. The van der Waals surface area contributed by atoms with Gasteiger partial charge in [0.1, 0.15) is 12.4 Å². The van der Waals surface area contributed by atoms with Crippen LogP contribution in [0.2, 0.25) is 0 Å². The maximum absolute atomic E-state index is 12.8. The Morgan fingerprint density at radius 2 is 1.96 bits per heavy atom. The molecule has 0 saturated carbocycles. The van der Waals surface area contributed by atoms with Gasteiger partial charge in [-0.05, 0) is 24.1 Å². The zero-order valence-corrected chi connectivity index (χ0v) is 13.5. The summed E-state index contributed by atoms with van der Waals surface area (Å²) < 4.78 is 14.1. The Morgan fingerprint density at radius 1 is 1.25 bits per heavy atom. The van der Waals surface area contributed by atoms with E-state index in [4.69, 9.17) is 0 Å². The molecule has 0 fully saturated rings. The van der Waals surface area contributed by atoms with Crippen LogP contribution in [0.4, 0.5) is 15.0 Å². The minimum atomic E-state index is -0.328. The molecule has 9 heteroatoms. The molecule has 0 aliphatic carbocycles. The van der Waals surface area contributed by atoms with Crippen LogP contribution in [-0.2, 0) is 17.8 Å². The molecule has 0 radical (unpaired) electrons. The van der Waals surface area contributed by atoms with Crippen molar-refractivity contribution < 1.29 is 14.0 Å². The predicted molar refractivity (Wildman–Crippen MR) is 85.8 cm³/mol. The second-order valence-electron chi connectivity index (χ2n) is 5.35. The zero-order valence-electron chi connectivity index (χ0n) is 13.5. The van der Waals surface area contributed by atoms with Gasteiger partial charge in [0.15, 0.2) is 5.82 Å². The lowest BCUT2D eigenvalue weighted by molar-refractivity contribution is -0.121. The standard InChI is InChI=1S/C15H19FN6O2/c1-21(2)15(24)18-13-9-22(20-19-13)10-14(23)17-8-7-11-3-5-12(16)6-4-11/h3-6,9H,7-8,10H2,1-2H3,(H,17,23)(H,18,24). The van der Waals surface area contributed by atoms with Crippen LogP contribution < -0.4 is 10.6 Å². The molecule has 0 bridgehead atoms.